The Balaban J connectivity index is 1.53. The van der Waals surface area contributed by atoms with Crippen molar-refractivity contribution in [2.45, 2.75) is 78.5 Å². The van der Waals surface area contributed by atoms with Gasteiger partial charge in [-0.25, -0.2) is 4.79 Å². The molecule has 36 heavy (non-hydrogen) atoms. The second-order valence-electron chi connectivity index (χ2n) is 12.7. The highest BCUT2D eigenvalue weighted by Crippen LogP contribution is 2.72. The van der Waals surface area contributed by atoms with E-state index < -0.39 is 35.0 Å². The van der Waals surface area contributed by atoms with Crippen LogP contribution in [0.4, 0.5) is 0 Å². The zero-order chi connectivity index (χ0) is 26.0. The number of ketones is 1. The van der Waals surface area contributed by atoms with E-state index in [1.165, 1.54) is 11.3 Å². The average molecular weight is 513 g/mol. The number of carbonyl (C=O) groups is 2. The third-order valence-corrected chi connectivity index (χ3v) is 10.9. The number of aliphatic hydroxyl groups is 1. The van der Waals surface area contributed by atoms with Crippen LogP contribution in [0.2, 0.25) is 0 Å². The number of rotatable bonds is 2. The molecular formula is C29H36O6S. The van der Waals surface area contributed by atoms with Crippen molar-refractivity contribution >= 4 is 23.1 Å². The largest absolute Gasteiger partial charge is 0.450 e. The number of thiophene rings is 1. The van der Waals surface area contributed by atoms with Gasteiger partial charge in [-0.3, -0.25) is 4.79 Å². The first-order chi connectivity index (χ1) is 16.8. The molecule has 7 heteroatoms. The first-order valence-corrected chi connectivity index (χ1v) is 13.9. The molecule has 6 nitrogen and oxygen atoms in total. The van der Waals surface area contributed by atoms with E-state index in [1.54, 1.807) is 0 Å². The molecule has 1 N–H and O–H groups in total. The first kappa shape index (κ1) is 24.5. The zero-order valence-electron chi connectivity index (χ0n) is 22.1. The third kappa shape index (κ3) is 2.94. The predicted molar refractivity (Wildman–Crippen MR) is 135 cm³/mol. The van der Waals surface area contributed by atoms with Crippen molar-refractivity contribution in [1.82, 2.24) is 0 Å². The summed E-state index contributed by atoms with van der Waals surface area (Å²) in [5.74, 6) is -1.32. The molecule has 1 spiro atoms. The van der Waals surface area contributed by atoms with Crippen LogP contribution in [-0.2, 0) is 19.0 Å². The maximum absolute atomic E-state index is 14.7. The van der Waals surface area contributed by atoms with Gasteiger partial charge in [-0.15, -0.1) is 11.3 Å². The smallest absolute Gasteiger partial charge is 0.349 e. The van der Waals surface area contributed by atoms with Gasteiger partial charge in [0.05, 0.1) is 12.0 Å². The van der Waals surface area contributed by atoms with Crippen LogP contribution in [0, 0.1) is 41.4 Å². The predicted octanol–water partition coefficient (Wildman–Crippen LogP) is 4.85. The van der Waals surface area contributed by atoms with Crippen LogP contribution in [0.15, 0.2) is 34.7 Å². The van der Waals surface area contributed by atoms with E-state index in [4.69, 9.17) is 14.2 Å². The van der Waals surface area contributed by atoms with E-state index in [2.05, 4.69) is 20.8 Å². The Morgan fingerprint density at radius 1 is 1.22 bits per heavy atom. The summed E-state index contributed by atoms with van der Waals surface area (Å²) in [5, 5.41) is 14.8. The molecule has 6 rings (SSSR count). The summed E-state index contributed by atoms with van der Waals surface area (Å²) in [5.41, 5.74) is -0.654. The minimum absolute atomic E-state index is 0.0177. The van der Waals surface area contributed by atoms with Gasteiger partial charge in [0, 0.05) is 5.92 Å². The van der Waals surface area contributed by atoms with Gasteiger partial charge in [-0.2, -0.15) is 0 Å². The lowest BCUT2D eigenvalue weighted by Crippen LogP contribution is -2.68. The van der Waals surface area contributed by atoms with E-state index in [0.29, 0.717) is 16.4 Å². The molecule has 194 valence electrons. The summed E-state index contributed by atoms with van der Waals surface area (Å²) < 4.78 is 18.6. The molecule has 1 saturated heterocycles. The van der Waals surface area contributed by atoms with Crippen molar-refractivity contribution in [3.63, 3.8) is 0 Å². The molecule has 0 aromatic carbocycles. The van der Waals surface area contributed by atoms with Crippen LogP contribution in [0.1, 0.15) is 63.2 Å². The highest BCUT2D eigenvalue weighted by molar-refractivity contribution is 7.12. The van der Waals surface area contributed by atoms with Gasteiger partial charge in [0.15, 0.2) is 23.3 Å². The zero-order valence-corrected chi connectivity index (χ0v) is 22.9. The highest BCUT2D eigenvalue weighted by atomic mass is 32.1. The SMILES string of the molecule is CC1=C[C@]23C(=O)[C@@H](C=C4COC(C)(C)O[C@H]4[C@]2(O)[C@H]1OC(=O)c1sccc1C)[C@H]1[C@@H](C[C@H]3C)C1(C)C. The molecule has 2 saturated carbocycles. The minimum atomic E-state index is -1.78. The van der Waals surface area contributed by atoms with Crippen LogP contribution >= 0.6 is 11.3 Å². The maximum atomic E-state index is 14.7. The fraction of sp³-hybridized carbons (Fsp3) is 0.655. The number of aryl methyl sites for hydroxylation is 1. The molecule has 0 radical (unpaired) electrons. The number of hydrogen-bond acceptors (Lipinski definition) is 7. The van der Waals surface area contributed by atoms with Gasteiger partial charge in [-0.1, -0.05) is 32.9 Å². The highest BCUT2D eigenvalue weighted by Gasteiger charge is 2.77. The third-order valence-electron chi connectivity index (χ3n) is 9.94. The van der Waals surface area contributed by atoms with E-state index in [-0.39, 0.29) is 35.6 Å². The van der Waals surface area contributed by atoms with Crippen LogP contribution in [0.5, 0.6) is 0 Å². The molecule has 1 aliphatic heterocycles. The van der Waals surface area contributed by atoms with Gasteiger partial charge >= 0.3 is 5.97 Å². The molecule has 2 bridgehead atoms. The van der Waals surface area contributed by atoms with Gasteiger partial charge in [-0.05, 0) is 85.4 Å². The van der Waals surface area contributed by atoms with E-state index >= 15 is 0 Å². The number of allylic oxidation sites excluding steroid dienone is 1. The van der Waals surface area contributed by atoms with Crippen molar-refractivity contribution < 1.29 is 28.9 Å². The minimum Gasteiger partial charge on any atom is -0.450 e. The van der Waals surface area contributed by atoms with Crippen molar-refractivity contribution in [2.75, 3.05) is 6.61 Å². The summed E-state index contributed by atoms with van der Waals surface area (Å²) in [6.07, 6.45) is 2.92. The van der Waals surface area contributed by atoms with Gasteiger partial charge in [0.25, 0.3) is 0 Å². The van der Waals surface area contributed by atoms with Crippen molar-refractivity contribution in [3.05, 3.63) is 45.2 Å². The maximum Gasteiger partial charge on any atom is 0.349 e. The fourth-order valence-corrected chi connectivity index (χ4v) is 8.85. The molecular weight excluding hydrogens is 476 g/mol. The second-order valence-corrected chi connectivity index (χ2v) is 13.6. The van der Waals surface area contributed by atoms with E-state index in [9.17, 15) is 14.7 Å². The molecule has 5 aliphatic rings. The normalized spacial score (nSPS) is 43.7. The summed E-state index contributed by atoms with van der Waals surface area (Å²) in [7, 11) is 0. The molecule has 0 unspecified atom stereocenters. The number of carbonyl (C=O) groups excluding carboxylic acids is 2. The summed E-state index contributed by atoms with van der Waals surface area (Å²) >= 11 is 1.32. The van der Waals surface area contributed by atoms with Gasteiger partial charge in [0.1, 0.15) is 11.0 Å². The average Bonchev–Trinajstić information content (AvgIpc) is 3.05. The number of ether oxygens (including phenoxy) is 3. The van der Waals surface area contributed by atoms with Gasteiger partial charge in [0.2, 0.25) is 0 Å². The second kappa shape index (κ2) is 7.40. The standard InChI is InChI=1S/C29H36O6S/c1-14-8-9-36-21(14)25(31)34-23-15(2)12-28-16(3)10-19-20(26(19,4)5)18(22(28)30)11-17-13-33-27(6,7)35-24(17)29(23,28)32/h8-9,11-12,16,18-20,23-24,32H,10,13H2,1-7H3/t16-,18+,19-,20+,23+,24-,28+,29-/m1/s1. The summed E-state index contributed by atoms with van der Waals surface area (Å²) in [6, 6.07) is 1.88. The summed E-state index contributed by atoms with van der Waals surface area (Å²) in [4.78, 5) is 28.5. The molecule has 8 atom stereocenters. The fourth-order valence-electron chi connectivity index (χ4n) is 8.04. The Labute approximate surface area is 216 Å². The monoisotopic (exact) mass is 512 g/mol. The van der Waals surface area contributed by atoms with Crippen LogP contribution in [0.3, 0.4) is 0 Å². The molecule has 0 amide bonds. The first-order valence-electron chi connectivity index (χ1n) is 13.0. The van der Waals surface area contributed by atoms with Crippen LogP contribution in [-0.4, -0.2) is 47.1 Å². The van der Waals surface area contributed by atoms with Crippen LogP contribution in [0.25, 0.3) is 0 Å². The number of fused-ring (bicyclic) bond motifs is 5. The lowest BCUT2D eigenvalue weighted by molar-refractivity contribution is -0.302. The van der Waals surface area contributed by atoms with Crippen molar-refractivity contribution in [3.8, 4) is 0 Å². The Kier molecular flexibility index (Phi) is 5.04. The molecule has 3 fully saturated rings. The van der Waals surface area contributed by atoms with E-state index in [0.717, 1.165) is 17.6 Å². The topological polar surface area (TPSA) is 82.1 Å². The summed E-state index contributed by atoms with van der Waals surface area (Å²) in [6.45, 7) is 14.2. The molecule has 2 heterocycles. The lowest BCUT2D eigenvalue weighted by atomic mass is 9.59. The molecule has 1 aromatic rings. The van der Waals surface area contributed by atoms with Gasteiger partial charge < -0.3 is 19.3 Å². The number of Topliss-reactive ketones (excluding diaryl/α,β-unsaturated/α-hetero) is 1. The van der Waals surface area contributed by atoms with Crippen molar-refractivity contribution in [1.29, 1.82) is 0 Å². The van der Waals surface area contributed by atoms with E-state index in [1.807, 2.05) is 51.3 Å². The molecule has 4 aliphatic carbocycles. The Morgan fingerprint density at radius 2 is 1.94 bits per heavy atom. The quantitative estimate of drug-likeness (QED) is 0.451. The van der Waals surface area contributed by atoms with Crippen molar-refractivity contribution in [2.24, 2.45) is 34.5 Å². The van der Waals surface area contributed by atoms with Crippen LogP contribution < -0.4 is 0 Å². The lowest BCUT2D eigenvalue weighted by Gasteiger charge is -2.52. The molecule has 1 aromatic heterocycles. The Morgan fingerprint density at radius 3 is 2.61 bits per heavy atom. The number of hydrogen-bond donors (Lipinski definition) is 1. The Hall–Kier alpha value is -1.80. The number of esters is 1. The Bertz CT molecular complexity index is 1220.